The summed E-state index contributed by atoms with van der Waals surface area (Å²) in [5.74, 6) is 0. The maximum atomic E-state index is 11.2. The van der Waals surface area contributed by atoms with E-state index in [2.05, 4.69) is 34.6 Å². The van der Waals surface area contributed by atoms with Gasteiger partial charge < -0.3 is 10.3 Å². The number of H-pyrrole nitrogens is 1. The first-order valence-corrected chi connectivity index (χ1v) is 7.88. The van der Waals surface area contributed by atoms with Crippen molar-refractivity contribution < 1.29 is 4.21 Å². The summed E-state index contributed by atoms with van der Waals surface area (Å²) in [5, 5.41) is 4.92. The normalized spacial score (nSPS) is 14.8. The Morgan fingerprint density at radius 1 is 1.39 bits per heavy atom. The topological polar surface area (TPSA) is 44.9 Å². The highest BCUT2D eigenvalue weighted by atomic mass is 32.2. The molecule has 3 nitrogen and oxygen atoms in total. The Balaban J connectivity index is 1.81. The largest absolute Gasteiger partial charge is 0.361 e. The van der Waals surface area contributed by atoms with Gasteiger partial charge in [0.1, 0.15) is 0 Å². The Hall–Kier alpha value is -1.13. The standard InChI is InChI=1S/C14H20N2OS/c1-11(18(2)17)5-7-15-10-12-3-4-14-13(9-12)6-8-16-14/h3-4,6,8-9,11,15-16H,5,7,10H2,1-2H3. The monoisotopic (exact) mass is 264 g/mol. The molecule has 18 heavy (non-hydrogen) atoms. The third kappa shape index (κ3) is 3.43. The van der Waals surface area contributed by atoms with Crippen molar-refractivity contribution in [3.63, 3.8) is 0 Å². The van der Waals surface area contributed by atoms with E-state index in [4.69, 9.17) is 0 Å². The van der Waals surface area contributed by atoms with Crippen LogP contribution in [0.25, 0.3) is 10.9 Å². The van der Waals surface area contributed by atoms with Gasteiger partial charge in [-0.3, -0.25) is 4.21 Å². The number of aromatic amines is 1. The first-order valence-electron chi connectivity index (χ1n) is 6.26. The molecule has 0 fully saturated rings. The fourth-order valence-electron chi connectivity index (χ4n) is 1.92. The molecule has 4 heteroatoms. The van der Waals surface area contributed by atoms with Crippen LogP contribution in [0.5, 0.6) is 0 Å². The van der Waals surface area contributed by atoms with Crippen LogP contribution >= 0.6 is 0 Å². The SMILES string of the molecule is CC(CCNCc1ccc2[nH]ccc2c1)S(C)=O. The fourth-order valence-corrected chi connectivity index (χ4v) is 2.37. The second kappa shape index (κ2) is 6.16. The van der Waals surface area contributed by atoms with E-state index < -0.39 is 10.8 Å². The summed E-state index contributed by atoms with van der Waals surface area (Å²) in [6.07, 6.45) is 4.68. The number of hydrogen-bond acceptors (Lipinski definition) is 2. The molecule has 2 unspecified atom stereocenters. The molecule has 0 aliphatic heterocycles. The summed E-state index contributed by atoms with van der Waals surface area (Å²) in [6.45, 7) is 3.81. The Morgan fingerprint density at radius 3 is 3.00 bits per heavy atom. The first-order chi connectivity index (χ1) is 8.66. The van der Waals surface area contributed by atoms with Crippen LogP contribution in [0.2, 0.25) is 0 Å². The van der Waals surface area contributed by atoms with Crippen molar-refractivity contribution in [3.8, 4) is 0 Å². The summed E-state index contributed by atoms with van der Waals surface area (Å²) in [7, 11) is -0.716. The van der Waals surface area contributed by atoms with Crippen molar-refractivity contribution >= 4 is 21.7 Å². The zero-order valence-electron chi connectivity index (χ0n) is 10.9. The molecule has 2 rings (SSSR count). The lowest BCUT2D eigenvalue weighted by Crippen LogP contribution is -2.20. The molecule has 1 aromatic heterocycles. The molecule has 0 aliphatic rings. The summed E-state index contributed by atoms with van der Waals surface area (Å²) in [4.78, 5) is 3.19. The van der Waals surface area contributed by atoms with Gasteiger partial charge in [0, 0.05) is 40.6 Å². The second-order valence-electron chi connectivity index (χ2n) is 4.67. The maximum absolute atomic E-state index is 11.2. The van der Waals surface area contributed by atoms with Gasteiger partial charge in [-0.25, -0.2) is 0 Å². The van der Waals surface area contributed by atoms with Gasteiger partial charge in [0.15, 0.2) is 0 Å². The average Bonchev–Trinajstić information content (AvgIpc) is 2.81. The molecular weight excluding hydrogens is 244 g/mol. The molecule has 0 spiro atoms. The minimum Gasteiger partial charge on any atom is -0.361 e. The number of hydrogen-bond donors (Lipinski definition) is 2. The van der Waals surface area contributed by atoms with Gasteiger partial charge in [-0.2, -0.15) is 0 Å². The molecule has 0 radical (unpaired) electrons. The lowest BCUT2D eigenvalue weighted by Gasteiger charge is -2.09. The van der Waals surface area contributed by atoms with E-state index in [9.17, 15) is 4.21 Å². The van der Waals surface area contributed by atoms with Crippen molar-refractivity contribution in [2.45, 2.75) is 25.1 Å². The van der Waals surface area contributed by atoms with Crippen LogP contribution in [0.4, 0.5) is 0 Å². The minimum atomic E-state index is -0.716. The van der Waals surface area contributed by atoms with Crippen LogP contribution in [0.3, 0.4) is 0 Å². The van der Waals surface area contributed by atoms with Gasteiger partial charge in [0.2, 0.25) is 0 Å². The van der Waals surface area contributed by atoms with Crippen molar-refractivity contribution in [2.75, 3.05) is 12.8 Å². The predicted molar refractivity (Wildman–Crippen MR) is 78.2 cm³/mol. The van der Waals surface area contributed by atoms with E-state index in [1.165, 1.54) is 16.5 Å². The quantitative estimate of drug-likeness (QED) is 0.787. The summed E-state index contributed by atoms with van der Waals surface area (Å²) in [5.41, 5.74) is 2.46. The lowest BCUT2D eigenvalue weighted by atomic mass is 10.1. The van der Waals surface area contributed by atoms with E-state index in [0.717, 1.165) is 19.5 Å². The first kappa shape index (κ1) is 13.3. The van der Waals surface area contributed by atoms with E-state index in [-0.39, 0.29) is 5.25 Å². The number of nitrogens with one attached hydrogen (secondary N) is 2. The molecule has 1 heterocycles. The van der Waals surface area contributed by atoms with E-state index >= 15 is 0 Å². The van der Waals surface area contributed by atoms with Crippen molar-refractivity contribution in [1.82, 2.24) is 10.3 Å². The van der Waals surface area contributed by atoms with Gasteiger partial charge >= 0.3 is 0 Å². The molecule has 1 aromatic carbocycles. The zero-order chi connectivity index (χ0) is 13.0. The maximum Gasteiger partial charge on any atom is 0.0454 e. The van der Waals surface area contributed by atoms with Crippen molar-refractivity contribution in [2.24, 2.45) is 0 Å². The van der Waals surface area contributed by atoms with E-state index in [1.54, 1.807) is 6.26 Å². The molecular formula is C14H20N2OS. The molecule has 2 aromatic rings. The lowest BCUT2D eigenvalue weighted by molar-refractivity contribution is 0.629. The Kier molecular flexibility index (Phi) is 4.55. The molecule has 2 N–H and O–H groups in total. The Morgan fingerprint density at radius 2 is 2.22 bits per heavy atom. The van der Waals surface area contributed by atoms with Crippen LogP contribution in [0, 0.1) is 0 Å². The van der Waals surface area contributed by atoms with Crippen LogP contribution in [0.1, 0.15) is 18.9 Å². The zero-order valence-corrected chi connectivity index (χ0v) is 11.7. The molecule has 0 amide bonds. The Labute approximate surface area is 110 Å². The highest BCUT2D eigenvalue weighted by Gasteiger charge is 2.04. The number of rotatable bonds is 6. The molecule has 0 saturated heterocycles. The smallest absolute Gasteiger partial charge is 0.0454 e. The number of benzene rings is 1. The van der Waals surface area contributed by atoms with Crippen molar-refractivity contribution in [1.29, 1.82) is 0 Å². The highest BCUT2D eigenvalue weighted by molar-refractivity contribution is 7.84. The van der Waals surface area contributed by atoms with Crippen LogP contribution in [-0.4, -0.2) is 27.2 Å². The number of aromatic nitrogens is 1. The average molecular weight is 264 g/mol. The Bertz CT molecular complexity index is 535. The summed E-state index contributed by atoms with van der Waals surface area (Å²) < 4.78 is 11.2. The van der Waals surface area contributed by atoms with E-state index in [1.807, 2.05) is 13.1 Å². The molecule has 0 bridgehead atoms. The van der Waals surface area contributed by atoms with Gasteiger partial charge in [-0.1, -0.05) is 13.0 Å². The number of fused-ring (bicyclic) bond motifs is 1. The molecule has 0 saturated carbocycles. The van der Waals surface area contributed by atoms with Crippen LogP contribution < -0.4 is 5.32 Å². The van der Waals surface area contributed by atoms with Crippen molar-refractivity contribution in [3.05, 3.63) is 36.0 Å². The van der Waals surface area contributed by atoms with E-state index in [0.29, 0.717) is 0 Å². The molecule has 0 aliphatic carbocycles. The predicted octanol–water partition coefficient (Wildman–Crippen LogP) is 2.41. The fraction of sp³-hybridized carbons (Fsp3) is 0.429. The van der Waals surface area contributed by atoms with Crippen LogP contribution in [0.15, 0.2) is 30.5 Å². The summed E-state index contributed by atoms with van der Waals surface area (Å²) >= 11 is 0. The van der Waals surface area contributed by atoms with Gasteiger partial charge in [0.25, 0.3) is 0 Å². The minimum absolute atomic E-state index is 0.268. The molecule has 2 atom stereocenters. The van der Waals surface area contributed by atoms with Gasteiger partial charge in [0.05, 0.1) is 0 Å². The third-order valence-corrected chi connectivity index (χ3v) is 4.61. The second-order valence-corrected chi connectivity index (χ2v) is 6.48. The van der Waals surface area contributed by atoms with Gasteiger partial charge in [-0.15, -0.1) is 0 Å². The van der Waals surface area contributed by atoms with Gasteiger partial charge in [-0.05, 0) is 42.1 Å². The third-order valence-electron chi connectivity index (χ3n) is 3.24. The summed E-state index contributed by atoms with van der Waals surface area (Å²) in [6, 6.07) is 8.52. The van der Waals surface area contributed by atoms with Crippen LogP contribution in [-0.2, 0) is 17.3 Å². The highest BCUT2D eigenvalue weighted by Crippen LogP contribution is 2.14. The molecule has 98 valence electrons.